The van der Waals surface area contributed by atoms with Gasteiger partial charge in [-0.05, 0) is 6.07 Å². The first-order valence-electron chi connectivity index (χ1n) is 3.20. The number of aromatic nitrogens is 3. The maximum absolute atomic E-state index is 5.75. The van der Waals surface area contributed by atoms with Crippen molar-refractivity contribution in [3.8, 4) is 0 Å². The molecule has 0 amide bonds. The summed E-state index contributed by atoms with van der Waals surface area (Å²) >= 11 is 11.4. The second kappa shape index (κ2) is 2.84. The molecule has 2 aromatic heterocycles. The molecule has 2 heterocycles. The third-order valence-corrected chi connectivity index (χ3v) is 1.95. The van der Waals surface area contributed by atoms with Crippen molar-refractivity contribution in [3.05, 3.63) is 28.8 Å². The highest BCUT2D eigenvalue weighted by Crippen LogP contribution is 2.20. The Hall–Kier alpha value is -0.930. The van der Waals surface area contributed by atoms with Gasteiger partial charge in [-0.1, -0.05) is 23.2 Å². The summed E-state index contributed by atoms with van der Waals surface area (Å²) < 4.78 is 0. The third kappa shape index (κ3) is 1.21. The quantitative estimate of drug-likeness (QED) is 0.612. The summed E-state index contributed by atoms with van der Waals surface area (Å²) in [6.07, 6.45) is 3.17. The Morgan fingerprint density at radius 2 is 2.00 bits per heavy atom. The molecule has 0 fully saturated rings. The lowest BCUT2D eigenvalue weighted by atomic mass is 10.3. The standard InChI is InChI=1S/C7H3Cl2N3/c8-6-1-4-2-11-12-7(9)5(4)3-10-6/h1-3H. The molecule has 3 nitrogen and oxygen atoms in total. The summed E-state index contributed by atoms with van der Waals surface area (Å²) in [5.74, 6) is 0. The molecule has 0 radical (unpaired) electrons. The van der Waals surface area contributed by atoms with Crippen LogP contribution >= 0.6 is 23.2 Å². The minimum absolute atomic E-state index is 0.344. The van der Waals surface area contributed by atoms with Crippen molar-refractivity contribution in [2.45, 2.75) is 0 Å². The molecule has 2 aromatic rings. The molecule has 0 unspecified atom stereocenters. The fraction of sp³-hybridized carbons (Fsp3) is 0. The average molecular weight is 200 g/mol. The Morgan fingerprint density at radius 3 is 2.83 bits per heavy atom. The van der Waals surface area contributed by atoms with Gasteiger partial charge in [0, 0.05) is 17.0 Å². The fourth-order valence-electron chi connectivity index (χ4n) is 0.919. The van der Waals surface area contributed by atoms with Crippen molar-refractivity contribution >= 4 is 34.0 Å². The van der Waals surface area contributed by atoms with Crippen LogP contribution in [0.2, 0.25) is 10.3 Å². The van der Waals surface area contributed by atoms with E-state index in [1.165, 1.54) is 0 Å². The Balaban J connectivity index is 2.86. The van der Waals surface area contributed by atoms with Gasteiger partial charge in [-0.3, -0.25) is 0 Å². The van der Waals surface area contributed by atoms with Gasteiger partial charge < -0.3 is 0 Å². The van der Waals surface area contributed by atoms with Crippen molar-refractivity contribution in [1.29, 1.82) is 0 Å². The summed E-state index contributed by atoms with van der Waals surface area (Å²) in [5.41, 5.74) is 0. The van der Waals surface area contributed by atoms with E-state index in [9.17, 15) is 0 Å². The molecule has 0 aliphatic heterocycles. The molecule has 0 bridgehead atoms. The number of hydrogen-bond acceptors (Lipinski definition) is 3. The smallest absolute Gasteiger partial charge is 0.161 e. The highest BCUT2D eigenvalue weighted by Gasteiger charge is 2.00. The van der Waals surface area contributed by atoms with Crippen LogP contribution in [0.5, 0.6) is 0 Å². The molecule has 0 saturated heterocycles. The largest absolute Gasteiger partial charge is 0.244 e. The van der Waals surface area contributed by atoms with Crippen LogP contribution in [0.25, 0.3) is 10.8 Å². The van der Waals surface area contributed by atoms with Crippen LogP contribution in [0.3, 0.4) is 0 Å². The van der Waals surface area contributed by atoms with Crippen LogP contribution in [-0.2, 0) is 0 Å². The Bertz CT molecular complexity index is 430. The monoisotopic (exact) mass is 199 g/mol. The van der Waals surface area contributed by atoms with Gasteiger partial charge in [0.05, 0.1) is 6.20 Å². The SMILES string of the molecule is Clc1cc2cnnc(Cl)c2cn1. The van der Waals surface area contributed by atoms with Crippen molar-refractivity contribution in [2.75, 3.05) is 0 Å². The van der Waals surface area contributed by atoms with Crippen molar-refractivity contribution < 1.29 is 0 Å². The van der Waals surface area contributed by atoms with Gasteiger partial charge in [-0.25, -0.2) is 4.98 Å². The predicted octanol–water partition coefficient (Wildman–Crippen LogP) is 2.33. The molecule has 0 N–H and O–H groups in total. The molecule has 0 aliphatic carbocycles. The predicted molar refractivity (Wildman–Crippen MR) is 47.4 cm³/mol. The maximum Gasteiger partial charge on any atom is 0.161 e. The van der Waals surface area contributed by atoms with E-state index < -0.39 is 0 Å². The van der Waals surface area contributed by atoms with Gasteiger partial charge in [0.1, 0.15) is 5.15 Å². The van der Waals surface area contributed by atoms with E-state index in [2.05, 4.69) is 15.2 Å². The van der Waals surface area contributed by atoms with Gasteiger partial charge in [0.2, 0.25) is 0 Å². The van der Waals surface area contributed by atoms with Gasteiger partial charge in [-0.2, -0.15) is 5.10 Å². The molecule has 0 spiro atoms. The third-order valence-electron chi connectivity index (χ3n) is 1.47. The molecule has 0 atom stereocenters. The zero-order chi connectivity index (χ0) is 8.55. The molecule has 0 aromatic carbocycles. The highest BCUT2D eigenvalue weighted by molar-refractivity contribution is 6.34. The second-order valence-corrected chi connectivity index (χ2v) is 2.97. The zero-order valence-electron chi connectivity index (χ0n) is 5.83. The first-order valence-corrected chi connectivity index (χ1v) is 3.95. The van der Waals surface area contributed by atoms with Crippen LogP contribution in [0.1, 0.15) is 0 Å². The fourth-order valence-corrected chi connectivity index (χ4v) is 1.29. The van der Waals surface area contributed by atoms with E-state index in [0.717, 1.165) is 10.8 Å². The Labute approximate surface area is 78.3 Å². The lowest BCUT2D eigenvalue weighted by molar-refractivity contribution is 1.05. The number of hydrogen-bond donors (Lipinski definition) is 0. The van der Waals surface area contributed by atoms with E-state index in [0.29, 0.717) is 10.3 Å². The molecule has 0 aliphatic rings. The Morgan fingerprint density at radius 1 is 1.17 bits per heavy atom. The van der Waals surface area contributed by atoms with Crippen LogP contribution in [0.4, 0.5) is 0 Å². The molecular formula is C7H3Cl2N3. The summed E-state index contributed by atoms with van der Waals surface area (Å²) in [6, 6.07) is 1.69. The normalized spacial score (nSPS) is 10.5. The van der Waals surface area contributed by atoms with E-state index >= 15 is 0 Å². The molecular weight excluding hydrogens is 197 g/mol. The minimum atomic E-state index is 0.344. The first-order chi connectivity index (χ1) is 5.77. The molecule has 60 valence electrons. The first kappa shape index (κ1) is 7.71. The van der Waals surface area contributed by atoms with Gasteiger partial charge in [0.15, 0.2) is 5.15 Å². The summed E-state index contributed by atoms with van der Waals surface area (Å²) in [7, 11) is 0. The lowest BCUT2D eigenvalue weighted by Crippen LogP contribution is -1.85. The van der Waals surface area contributed by atoms with Crippen molar-refractivity contribution in [2.24, 2.45) is 0 Å². The van der Waals surface area contributed by atoms with E-state index in [1.54, 1.807) is 18.5 Å². The van der Waals surface area contributed by atoms with Crippen molar-refractivity contribution in [3.63, 3.8) is 0 Å². The molecule has 12 heavy (non-hydrogen) atoms. The van der Waals surface area contributed by atoms with E-state index in [1.807, 2.05) is 0 Å². The summed E-state index contributed by atoms with van der Waals surface area (Å²) in [5, 5.41) is 9.72. The zero-order valence-corrected chi connectivity index (χ0v) is 7.34. The average Bonchev–Trinajstić information content (AvgIpc) is 2.04. The van der Waals surface area contributed by atoms with Crippen LogP contribution in [-0.4, -0.2) is 15.2 Å². The van der Waals surface area contributed by atoms with Crippen LogP contribution in [0.15, 0.2) is 18.5 Å². The number of pyridine rings is 1. The number of fused-ring (bicyclic) bond motifs is 1. The topological polar surface area (TPSA) is 38.7 Å². The number of nitrogens with zero attached hydrogens (tertiary/aromatic N) is 3. The molecule has 2 rings (SSSR count). The Kier molecular flexibility index (Phi) is 1.83. The second-order valence-electron chi connectivity index (χ2n) is 2.23. The summed E-state index contributed by atoms with van der Waals surface area (Å²) in [4.78, 5) is 3.88. The van der Waals surface area contributed by atoms with Crippen LogP contribution < -0.4 is 0 Å². The van der Waals surface area contributed by atoms with Gasteiger partial charge >= 0.3 is 0 Å². The van der Waals surface area contributed by atoms with Gasteiger partial charge in [-0.15, -0.1) is 5.10 Å². The highest BCUT2D eigenvalue weighted by atomic mass is 35.5. The minimum Gasteiger partial charge on any atom is -0.244 e. The molecule has 0 saturated carbocycles. The van der Waals surface area contributed by atoms with Gasteiger partial charge in [0.25, 0.3) is 0 Å². The number of rotatable bonds is 0. The number of halogens is 2. The maximum atomic E-state index is 5.75. The van der Waals surface area contributed by atoms with Crippen molar-refractivity contribution in [1.82, 2.24) is 15.2 Å². The van der Waals surface area contributed by atoms with E-state index in [4.69, 9.17) is 23.2 Å². The lowest BCUT2D eigenvalue weighted by Gasteiger charge is -1.96. The van der Waals surface area contributed by atoms with E-state index in [-0.39, 0.29) is 0 Å². The summed E-state index contributed by atoms with van der Waals surface area (Å²) in [6.45, 7) is 0. The van der Waals surface area contributed by atoms with Crippen LogP contribution in [0, 0.1) is 0 Å². The molecule has 5 heteroatoms.